The molecule has 0 atom stereocenters. The number of nitro benzene ring substituents is 1. The van der Waals surface area contributed by atoms with Crippen LogP contribution in [0.15, 0.2) is 41.5 Å². The first-order chi connectivity index (χ1) is 10.9. The number of amides is 1. The molecule has 9 heteroatoms. The highest BCUT2D eigenvalue weighted by atomic mass is 35.5. The molecule has 0 spiro atoms. The Morgan fingerprint density at radius 3 is 2.48 bits per heavy atom. The Morgan fingerprint density at radius 2 is 1.87 bits per heavy atom. The lowest BCUT2D eigenvalue weighted by atomic mass is 10.2. The fraction of sp³-hybridized carbons (Fsp3) is 0. The van der Waals surface area contributed by atoms with Crippen LogP contribution in [-0.2, 0) is 0 Å². The van der Waals surface area contributed by atoms with Crippen molar-refractivity contribution in [1.82, 2.24) is 5.43 Å². The van der Waals surface area contributed by atoms with Crippen LogP contribution in [0, 0.1) is 10.1 Å². The monoisotopic (exact) mass is 335 g/mol. The van der Waals surface area contributed by atoms with E-state index in [-0.39, 0.29) is 27.8 Å². The molecule has 0 bridgehead atoms. The Bertz CT molecular complexity index is 787. The summed E-state index contributed by atoms with van der Waals surface area (Å²) in [5.74, 6) is -1.21. The SMILES string of the molecule is O=C(N/N=C\c1ccc(Cl)c([N+](=O)[O-])c1)c1cc(O)cc(O)c1. The fourth-order valence-electron chi connectivity index (χ4n) is 1.71. The quantitative estimate of drug-likeness (QED) is 0.449. The molecule has 0 radical (unpaired) electrons. The number of phenols is 2. The molecule has 2 aromatic rings. The molecule has 23 heavy (non-hydrogen) atoms. The highest BCUT2D eigenvalue weighted by molar-refractivity contribution is 6.32. The van der Waals surface area contributed by atoms with Crippen molar-refractivity contribution >= 4 is 29.4 Å². The van der Waals surface area contributed by atoms with Gasteiger partial charge >= 0.3 is 0 Å². The smallest absolute Gasteiger partial charge is 0.288 e. The second-order valence-electron chi connectivity index (χ2n) is 4.41. The van der Waals surface area contributed by atoms with Crippen LogP contribution in [0.3, 0.4) is 0 Å². The van der Waals surface area contributed by atoms with Gasteiger partial charge in [0.25, 0.3) is 11.6 Å². The molecule has 0 aromatic heterocycles. The zero-order valence-corrected chi connectivity index (χ0v) is 12.2. The zero-order valence-electron chi connectivity index (χ0n) is 11.4. The number of carbonyl (C=O) groups is 1. The number of hydrazone groups is 1. The average molecular weight is 336 g/mol. The predicted molar refractivity (Wildman–Crippen MR) is 82.9 cm³/mol. The first-order valence-electron chi connectivity index (χ1n) is 6.17. The summed E-state index contributed by atoms with van der Waals surface area (Å²) < 4.78 is 0. The minimum atomic E-state index is -0.670. The number of hydrogen-bond acceptors (Lipinski definition) is 6. The molecule has 0 fully saturated rings. The summed E-state index contributed by atoms with van der Waals surface area (Å²) in [5.41, 5.74) is 2.26. The normalized spacial score (nSPS) is 10.7. The maximum absolute atomic E-state index is 11.8. The van der Waals surface area contributed by atoms with E-state index in [0.717, 1.165) is 18.2 Å². The number of rotatable bonds is 4. The van der Waals surface area contributed by atoms with Crippen LogP contribution in [0.5, 0.6) is 11.5 Å². The van der Waals surface area contributed by atoms with Gasteiger partial charge in [-0.15, -0.1) is 0 Å². The van der Waals surface area contributed by atoms with Crippen molar-refractivity contribution in [2.75, 3.05) is 0 Å². The molecule has 0 saturated carbocycles. The predicted octanol–water partition coefficient (Wildman–Crippen LogP) is 2.42. The standard InChI is InChI=1S/C14H10ClN3O5/c15-12-2-1-8(3-13(12)18(22)23)7-16-17-14(21)9-4-10(19)6-11(20)5-9/h1-7,19-20H,(H,17,21)/b16-7-. The van der Waals surface area contributed by atoms with E-state index in [1.54, 1.807) is 0 Å². The number of hydrogen-bond donors (Lipinski definition) is 3. The number of nitro groups is 1. The number of nitrogens with one attached hydrogen (secondary N) is 1. The summed E-state index contributed by atoms with van der Waals surface area (Å²) in [5, 5.41) is 33.0. The lowest BCUT2D eigenvalue weighted by molar-refractivity contribution is -0.384. The van der Waals surface area contributed by atoms with Gasteiger partial charge in [0.2, 0.25) is 0 Å². The van der Waals surface area contributed by atoms with Crippen LogP contribution < -0.4 is 5.43 Å². The van der Waals surface area contributed by atoms with E-state index in [0.29, 0.717) is 5.56 Å². The van der Waals surface area contributed by atoms with Crippen molar-refractivity contribution in [3.8, 4) is 11.5 Å². The van der Waals surface area contributed by atoms with Crippen LogP contribution in [0.2, 0.25) is 5.02 Å². The fourth-order valence-corrected chi connectivity index (χ4v) is 1.89. The van der Waals surface area contributed by atoms with Crippen LogP contribution in [-0.4, -0.2) is 27.3 Å². The lowest BCUT2D eigenvalue weighted by Crippen LogP contribution is -2.17. The molecule has 8 nitrogen and oxygen atoms in total. The van der Waals surface area contributed by atoms with Crippen LogP contribution in [0.4, 0.5) is 5.69 Å². The van der Waals surface area contributed by atoms with E-state index in [4.69, 9.17) is 11.6 Å². The van der Waals surface area contributed by atoms with E-state index < -0.39 is 10.8 Å². The number of aromatic hydroxyl groups is 2. The molecule has 1 amide bonds. The van der Waals surface area contributed by atoms with Gasteiger partial charge in [-0.05, 0) is 18.2 Å². The van der Waals surface area contributed by atoms with E-state index in [1.165, 1.54) is 24.4 Å². The van der Waals surface area contributed by atoms with E-state index in [9.17, 15) is 25.1 Å². The summed E-state index contributed by atoms with van der Waals surface area (Å²) in [6.45, 7) is 0. The number of halogens is 1. The Balaban J connectivity index is 2.11. The van der Waals surface area contributed by atoms with Crippen LogP contribution in [0.1, 0.15) is 15.9 Å². The first kappa shape index (κ1) is 16.2. The third-order valence-corrected chi connectivity index (χ3v) is 3.03. The van der Waals surface area contributed by atoms with Crippen LogP contribution >= 0.6 is 11.6 Å². The largest absolute Gasteiger partial charge is 0.508 e. The molecule has 2 aromatic carbocycles. The van der Waals surface area contributed by atoms with E-state index in [2.05, 4.69) is 10.5 Å². The molecule has 0 aliphatic heterocycles. The summed E-state index contributed by atoms with van der Waals surface area (Å²) in [7, 11) is 0. The molecule has 0 unspecified atom stereocenters. The van der Waals surface area contributed by atoms with Gasteiger partial charge in [0.05, 0.1) is 11.1 Å². The first-order valence-corrected chi connectivity index (χ1v) is 6.55. The van der Waals surface area contributed by atoms with Gasteiger partial charge in [-0.3, -0.25) is 14.9 Å². The molecule has 0 saturated heterocycles. The van der Waals surface area contributed by atoms with Gasteiger partial charge < -0.3 is 10.2 Å². The lowest BCUT2D eigenvalue weighted by Gasteiger charge is -2.02. The molecule has 118 valence electrons. The number of benzene rings is 2. The molecule has 0 aliphatic carbocycles. The van der Waals surface area contributed by atoms with Crippen molar-refractivity contribution in [3.05, 3.63) is 62.7 Å². The second-order valence-corrected chi connectivity index (χ2v) is 4.81. The van der Waals surface area contributed by atoms with Gasteiger partial charge in [-0.25, -0.2) is 5.43 Å². The number of carbonyl (C=O) groups excluding carboxylic acids is 1. The summed E-state index contributed by atoms with van der Waals surface area (Å²) in [4.78, 5) is 21.9. The molecular formula is C14H10ClN3O5. The topological polar surface area (TPSA) is 125 Å². The molecular weight excluding hydrogens is 326 g/mol. The minimum absolute atomic E-state index is 0.00161. The van der Waals surface area contributed by atoms with Gasteiger partial charge in [-0.1, -0.05) is 17.7 Å². The van der Waals surface area contributed by atoms with Gasteiger partial charge in [0.1, 0.15) is 16.5 Å². The van der Waals surface area contributed by atoms with Crippen molar-refractivity contribution in [3.63, 3.8) is 0 Å². The molecule has 0 aliphatic rings. The van der Waals surface area contributed by atoms with Crippen molar-refractivity contribution in [1.29, 1.82) is 0 Å². The third-order valence-electron chi connectivity index (χ3n) is 2.71. The molecule has 2 rings (SSSR count). The highest BCUT2D eigenvalue weighted by Gasteiger charge is 2.12. The number of phenolic OH excluding ortho intramolecular Hbond substituents is 2. The average Bonchev–Trinajstić information content (AvgIpc) is 2.47. The van der Waals surface area contributed by atoms with Crippen molar-refractivity contribution < 1.29 is 19.9 Å². The third kappa shape index (κ3) is 4.17. The van der Waals surface area contributed by atoms with Crippen molar-refractivity contribution in [2.24, 2.45) is 5.10 Å². The second kappa shape index (κ2) is 6.75. The Kier molecular flexibility index (Phi) is 4.77. The minimum Gasteiger partial charge on any atom is -0.508 e. The highest BCUT2D eigenvalue weighted by Crippen LogP contribution is 2.24. The Hall–Kier alpha value is -3.13. The van der Waals surface area contributed by atoms with E-state index >= 15 is 0 Å². The Labute approximate surface area is 134 Å². The van der Waals surface area contributed by atoms with Gasteiger partial charge in [-0.2, -0.15) is 5.10 Å². The number of nitrogens with zero attached hydrogens (tertiary/aromatic N) is 2. The maximum atomic E-state index is 11.8. The molecule has 0 heterocycles. The van der Waals surface area contributed by atoms with E-state index in [1.807, 2.05) is 0 Å². The van der Waals surface area contributed by atoms with Crippen LogP contribution in [0.25, 0.3) is 0 Å². The maximum Gasteiger partial charge on any atom is 0.288 e. The summed E-state index contributed by atoms with van der Waals surface area (Å²) in [6.07, 6.45) is 1.20. The summed E-state index contributed by atoms with van der Waals surface area (Å²) >= 11 is 5.68. The summed E-state index contributed by atoms with van der Waals surface area (Å²) in [6, 6.07) is 7.42. The van der Waals surface area contributed by atoms with Gasteiger partial charge in [0, 0.05) is 23.3 Å². The molecule has 3 N–H and O–H groups in total. The zero-order chi connectivity index (χ0) is 17.0. The Morgan fingerprint density at radius 1 is 1.22 bits per heavy atom. The van der Waals surface area contributed by atoms with Gasteiger partial charge in [0.15, 0.2) is 0 Å². The van der Waals surface area contributed by atoms with Crippen molar-refractivity contribution in [2.45, 2.75) is 0 Å².